The Kier molecular flexibility index (Phi) is 6.49. The van der Waals surface area contributed by atoms with Crippen LogP contribution in [-0.2, 0) is 4.79 Å². The third kappa shape index (κ3) is 5.04. The van der Waals surface area contributed by atoms with Crippen LogP contribution < -0.4 is 5.43 Å². The number of carbonyl (C=O) groups is 1. The third-order valence-corrected chi connectivity index (χ3v) is 5.24. The van der Waals surface area contributed by atoms with Gasteiger partial charge in [0.25, 0.3) is 5.91 Å². The average Bonchev–Trinajstić information content (AvgIpc) is 3.24. The van der Waals surface area contributed by atoms with Crippen molar-refractivity contribution in [1.29, 1.82) is 0 Å². The Bertz CT molecular complexity index is 1200. The number of benzene rings is 3. The van der Waals surface area contributed by atoms with Crippen LogP contribution in [-0.4, -0.2) is 32.6 Å². The molecule has 4 rings (SSSR count). The Morgan fingerprint density at radius 1 is 0.968 bits per heavy atom. The van der Waals surface area contributed by atoms with E-state index < -0.39 is 5.82 Å². The number of thioether (sulfide) groups is 1. The van der Waals surface area contributed by atoms with Crippen molar-refractivity contribution in [2.45, 2.75) is 5.16 Å². The zero-order valence-corrected chi connectivity index (χ0v) is 17.2. The van der Waals surface area contributed by atoms with E-state index in [0.717, 1.165) is 11.3 Å². The molecule has 0 saturated heterocycles. The van der Waals surface area contributed by atoms with Crippen LogP contribution >= 0.6 is 11.8 Å². The largest absolute Gasteiger partial charge is 0.272 e. The van der Waals surface area contributed by atoms with Gasteiger partial charge in [0.15, 0.2) is 11.0 Å². The number of hydrogen-bond donors (Lipinski definition) is 1. The molecule has 0 aliphatic heterocycles. The van der Waals surface area contributed by atoms with Crippen molar-refractivity contribution < 1.29 is 9.18 Å². The molecule has 0 aliphatic carbocycles. The number of amides is 1. The first-order valence-corrected chi connectivity index (χ1v) is 10.5. The zero-order chi connectivity index (χ0) is 21.5. The summed E-state index contributed by atoms with van der Waals surface area (Å²) in [6, 6.07) is 25.6. The molecule has 0 atom stereocenters. The molecule has 154 valence electrons. The lowest BCUT2D eigenvalue weighted by atomic mass is 10.2. The maximum absolute atomic E-state index is 13.6. The number of rotatable bonds is 7. The van der Waals surface area contributed by atoms with Gasteiger partial charge in [-0.2, -0.15) is 5.10 Å². The van der Waals surface area contributed by atoms with Crippen LogP contribution in [0.3, 0.4) is 0 Å². The highest BCUT2D eigenvalue weighted by Crippen LogP contribution is 2.27. The Hall–Kier alpha value is -3.78. The number of hydrazone groups is 1. The first-order chi connectivity index (χ1) is 15.2. The summed E-state index contributed by atoms with van der Waals surface area (Å²) in [5, 5.41) is 13.0. The topological polar surface area (TPSA) is 72.2 Å². The van der Waals surface area contributed by atoms with Crippen molar-refractivity contribution in [2.24, 2.45) is 5.10 Å². The second-order valence-electron chi connectivity index (χ2n) is 6.45. The molecular formula is C23H18FN5OS. The number of nitrogens with one attached hydrogen (secondary N) is 1. The molecule has 0 bridgehead atoms. The highest BCUT2D eigenvalue weighted by molar-refractivity contribution is 7.99. The first-order valence-electron chi connectivity index (χ1n) is 9.48. The summed E-state index contributed by atoms with van der Waals surface area (Å²) >= 11 is 1.24. The molecular weight excluding hydrogens is 413 g/mol. The van der Waals surface area contributed by atoms with Gasteiger partial charge in [0.1, 0.15) is 5.82 Å². The van der Waals surface area contributed by atoms with Crippen LogP contribution in [0.1, 0.15) is 5.56 Å². The summed E-state index contributed by atoms with van der Waals surface area (Å²) in [5.74, 6) is 0.0296. The predicted octanol–water partition coefficient (Wildman–Crippen LogP) is 4.32. The number of aromatic nitrogens is 3. The smallest absolute Gasteiger partial charge is 0.250 e. The summed E-state index contributed by atoms with van der Waals surface area (Å²) in [6.07, 6.45) is 1.28. The van der Waals surface area contributed by atoms with Crippen molar-refractivity contribution >= 4 is 23.9 Å². The molecule has 1 aromatic heterocycles. The average molecular weight is 431 g/mol. The fourth-order valence-corrected chi connectivity index (χ4v) is 3.61. The van der Waals surface area contributed by atoms with Gasteiger partial charge in [-0.15, -0.1) is 10.2 Å². The van der Waals surface area contributed by atoms with Gasteiger partial charge in [0.05, 0.1) is 12.0 Å². The van der Waals surface area contributed by atoms with Gasteiger partial charge in [-0.25, -0.2) is 9.82 Å². The van der Waals surface area contributed by atoms with Crippen LogP contribution in [0.5, 0.6) is 0 Å². The van der Waals surface area contributed by atoms with Crippen LogP contribution in [0, 0.1) is 5.82 Å². The van der Waals surface area contributed by atoms with Crippen LogP contribution in [0.4, 0.5) is 4.39 Å². The second kappa shape index (κ2) is 9.82. The lowest BCUT2D eigenvalue weighted by Gasteiger charge is -2.10. The number of halogens is 1. The van der Waals surface area contributed by atoms with Gasteiger partial charge in [-0.1, -0.05) is 78.5 Å². The number of hydrogen-bond acceptors (Lipinski definition) is 5. The predicted molar refractivity (Wildman–Crippen MR) is 120 cm³/mol. The molecule has 4 aromatic rings. The molecule has 1 amide bonds. The summed E-state index contributed by atoms with van der Waals surface area (Å²) < 4.78 is 15.5. The summed E-state index contributed by atoms with van der Waals surface area (Å²) in [4.78, 5) is 12.2. The third-order valence-electron chi connectivity index (χ3n) is 4.31. The number of nitrogens with zero attached hydrogens (tertiary/aromatic N) is 4. The van der Waals surface area contributed by atoms with Gasteiger partial charge in [-0.05, 0) is 18.2 Å². The van der Waals surface area contributed by atoms with Crippen molar-refractivity contribution in [2.75, 3.05) is 5.75 Å². The van der Waals surface area contributed by atoms with E-state index in [-0.39, 0.29) is 11.7 Å². The molecule has 0 unspecified atom stereocenters. The van der Waals surface area contributed by atoms with E-state index in [2.05, 4.69) is 20.7 Å². The van der Waals surface area contributed by atoms with Gasteiger partial charge in [0, 0.05) is 16.8 Å². The Balaban J connectivity index is 1.49. The van der Waals surface area contributed by atoms with Crippen LogP contribution in [0.15, 0.2) is 95.2 Å². The molecule has 0 radical (unpaired) electrons. The monoisotopic (exact) mass is 431 g/mol. The zero-order valence-electron chi connectivity index (χ0n) is 16.4. The van der Waals surface area contributed by atoms with E-state index in [0.29, 0.717) is 16.5 Å². The summed E-state index contributed by atoms with van der Waals surface area (Å²) in [7, 11) is 0. The Labute approximate surface area is 182 Å². The molecule has 31 heavy (non-hydrogen) atoms. The highest BCUT2D eigenvalue weighted by atomic mass is 32.2. The molecule has 1 heterocycles. The van der Waals surface area contributed by atoms with Crippen LogP contribution in [0.2, 0.25) is 0 Å². The second-order valence-corrected chi connectivity index (χ2v) is 7.39. The first kappa shape index (κ1) is 20.5. The quantitative estimate of drug-likeness (QED) is 0.269. The van der Waals surface area contributed by atoms with E-state index in [4.69, 9.17) is 0 Å². The fourth-order valence-electron chi connectivity index (χ4n) is 2.86. The van der Waals surface area contributed by atoms with Gasteiger partial charge >= 0.3 is 0 Å². The molecule has 3 aromatic carbocycles. The van der Waals surface area contributed by atoms with Gasteiger partial charge in [-0.3, -0.25) is 9.36 Å². The van der Waals surface area contributed by atoms with Gasteiger partial charge < -0.3 is 0 Å². The molecule has 1 N–H and O–H groups in total. The minimum absolute atomic E-state index is 0.0777. The standard InChI is InChI=1S/C23H18FN5OS/c24-20-14-8-7-11-18(20)15-25-26-21(30)16-31-23-28-27-22(17-9-3-1-4-10-17)29(23)19-12-5-2-6-13-19/h1-15H,16H2,(H,26,30). The van der Waals surface area contributed by atoms with Crippen molar-refractivity contribution in [3.63, 3.8) is 0 Å². The van der Waals surface area contributed by atoms with E-state index >= 15 is 0 Å². The van der Waals surface area contributed by atoms with E-state index in [9.17, 15) is 9.18 Å². The molecule has 0 fully saturated rings. The molecule has 0 aliphatic rings. The van der Waals surface area contributed by atoms with E-state index in [1.165, 1.54) is 24.0 Å². The minimum Gasteiger partial charge on any atom is -0.272 e. The van der Waals surface area contributed by atoms with Crippen molar-refractivity contribution in [3.05, 3.63) is 96.3 Å². The SMILES string of the molecule is O=C(CSc1nnc(-c2ccccc2)n1-c1ccccc1)NN=Cc1ccccc1F. The van der Waals surface area contributed by atoms with Crippen molar-refractivity contribution in [3.8, 4) is 17.1 Å². The number of para-hydroxylation sites is 1. The minimum atomic E-state index is -0.403. The van der Waals surface area contributed by atoms with E-state index in [1.54, 1.807) is 18.2 Å². The molecule has 6 nitrogen and oxygen atoms in total. The maximum atomic E-state index is 13.6. The van der Waals surface area contributed by atoms with Crippen LogP contribution in [0.25, 0.3) is 17.1 Å². The lowest BCUT2D eigenvalue weighted by Crippen LogP contribution is -2.20. The maximum Gasteiger partial charge on any atom is 0.250 e. The molecule has 0 saturated carbocycles. The Morgan fingerprint density at radius 3 is 2.39 bits per heavy atom. The summed E-state index contributed by atoms with van der Waals surface area (Å²) in [6.45, 7) is 0. The molecule has 8 heteroatoms. The molecule has 0 spiro atoms. The number of carbonyl (C=O) groups excluding carboxylic acids is 1. The summed E-state index contributed by atoms with van der Waals surface area (Å²) in [5.41, 5.74) is 4.53. The normalized spacial score (nSPS) is 11.0. The van der Waals surface area contributed by atoms with Gasteiger partial charge in [0.2, 0.25) is 0 Å². The highest BCUT2D eigenvalue weighted by Gasteiger charge is 2.17. The van der Waals surface area contributed by atoms with Crippen molar-refractivity contribution in [1.82, 2.24) is 20.2 Å². The van der Waals surface area contributed by atoms with E-state index in [1.807, 2.05) is 65.2 Å². The Morgan fingerprint density at radius 2 is 1.65 bits per heavy atom. The lowest BCUT2D eigenvalue weighted by molar-refractivity contribution is -0.118. The fraction of sp³-hybridized carbons (Fsp3) is 0.0435.